The fourth-order valence-electron chi connectivity index (χ4n) is 7.03. The van der Waals surface area contributed by atoms with Gasteiger partial charge < -0.3 is 10.2 Å². The molecule has 3 aliphatic carbocycles. The van der Waals surface area contributed by atoms with Crippen molar-refractivity contribution in [2.24, 2.45) is 29.1 Å². The average molecular weight is 411 g/mol. The van der Waals surface area contributed by atoms with Crippen LogP contribution in [0.3, 0.4) is 0 Å². The average Bonchev–Trinajstić information content (AvgIpc) is 3.03. The van der Waals surface area contributed by atoms with Crippen LogP contribution in [-0.2, 0) is 12.8 Å². The van der Waals surface area contributed by atoms with Crippen molar-refractivity contribution in [3.8, 4) is 0 Å². The van der Waals surface area contributed by atoms with Crippen LogP contribution in [0, 0.1) is 36.0 Å². The second kappa shape index (κ2) is 8.10. The number of allylic oxidation sites excluding steroid dienone is 2. The largest absolute Gasteiger partial charge is 0.393 e. The summed E-state index contributed by atoms with van der Waals surface area (Å²) in [5, 5.41) is 21.5. The van der Waals surface area contributed by atoms with E-state index < -0.39 is 0 Å². The molecule has 2 N–H and O–H groups in total. The fraction of sp³-hybridized carbons (Fsp3) is 0.714. The van der Waals surface area contributed by atoms with E-state index in [9.17, 15) is 10.2 Å². The van der Waals surface area contributed by atoms with Crippen molar-refractivity contribution in [3.63, 3.8) is 0 Å². The lowest BCUT2D eigenvalue weighted by Crippen LogP contribution is -2.37. The summed E-state index contributed by atoms with van der Waals surface area (Å²) in [4.78, 5) is 0. The van der Waals surface area contributed by atoms with E-state index in [1.54, 1.807) is 0 Å². The lowest BCUT2D eigenvalue weighted by Gasteiger charge is -2.46. The number of benzene rings is 1. The van der Waals surface area contributed by atoms with Gasteiger partial charge in [-0.2, -0.15) is 0 Å². The first-order chi connectivity index (χ1) is 14.1. The minimum absolute atomic E-state index is 0.159. The molecule has 4 rings (SSSR count). The van der Waals surface area contributed by atoms with Crippen LogP contribution < -0.4 is 0 Å². The highest BCUT2D eigenvalue weighted by Crippen LogP contribution is 2.63. The van der Waals surface area contributed by atoms with Crippen molar-refractivity contribution in [2.75, 3.05) is 0 Å². The Hall–Kier alpha value is -1.12. The zero-order chi connectivity index (χ0) is 21.8. The van der Waals surface area contributed by atoms with Crippen LogP contribution in [0.4, 0.5) is 0 Å². The van der Waals surface area contributed by atoms with Crippen LogP contribution in [0.25, 0.3) is 0 Å². The van der Waals surface area contributed by atoms with Gasteiger partial charge in [0.15, 0.2) is 0 Å². The second-order valence-corrected chi connectivity index (χ2v) is 11.3. The molecule has 7 atom stereocenters. The number of aliphatic hydroxyl groups is 2. The van der Waals surface area contributed by atoms with Crippen molar-refractivity contribution in [3.05, 3.63) is 46.0 Å². The topological polar surface area (TPSA) is 40.5 Å². The molecule has 166 valence electrons. The van der Waals surface area contributed by atoms with Crippen molar-refractivity contribution in [2.45, 2.75) is 98.2 Å². The molecule has 1 aromatic carbocycles. The van der Waals surface area contributed by atoms with E-state index >= 15 is 0 Å². The molecule has 3 aliphatic rings. The summed E-state index contributed by atoms with van der Waals surface area (Å²) in [6, 6.07) is 2.43. The Kier molecular flexibility index (Phi) is 5.96. The van der Waals surface area contributed by atoms with Crippen molar-refractivity contribution >= 4 is 0 Å². The van der Waals surface area contributed by atoms with Gasteiger partial charge >= 0.3 is 0 Å². The van der Waals surface area contributed by atoms with Gasteiger partial charge in [-0.25, -0.2) is 0 Å². The summed E-state index contributed by atoms with van der Waals surface area (Å²) in [5.74, 6) is 3.01. The predicted molar refractivity (Wildman–Crippen MR) is 125 cm³/mol. The monoisotopic (exact) mass is 410 g/mol. The molecule has 1 aromatic rings. The van der Waals surface area contributed by atoms with Gasteiger partial charge in [0.05, 0.1) is 12.2 Å². The smallest absolute Gasteiger partial charge is 0.0801 e. The van der Waals surface area contributed by atoms with E-state index in [-0.39, 0.29) is 17.6 Å². The normalized spacial score (nSPS) is 35.2. The molecule has 1 saturated carbocycles. The van der Waals surface area contributed by atoms with E-state index in [0.29, 0.717) is 29.6 Å². The second-order valence-electron chi connectivity index (χ2n) is 11.3. The highest BCUT2D eigenvalue weighted by atomic mass is 16.3. The molecule has 0 radical (unpaired) electrons. The Balaban J connectivity index is 1.67. The minimum Gasteiger partial charge on any atom is -0.393 e. The Bertz CT molecular complexity index is 822. The molecule has 2 nitrogen and oxygen atoms in total. The fourth-order valence-corrected chi connectivity index (χ4v) is 7.03. The molecule has 1 unspecified atom stereocenters. The predicted octanol–water partition coefficient (Wildman–Crippen LogP) is 6.27. The molecular weight excluding hydrogens is 368 g/mol. The number of aryl methyl sites for hydroxylation is 1. The Labute approximate surface area is 183 Å². The number of aliphatic hydroxyl groups excluding tert-OH is 2. The molecule has 0 amide bonds. The van der Waals surface area contributed by atoms with Crippen molar-refractivity contribution < 1.29 is 10.2 Å². The Morgan fingerprint density at radius 3 is 2.50 bits per heavy atom. The summed E-state index contributed by atoms with van der Waals surface area (Å²) < 4.78 is 0. The van der Waals surface area contributed by atoms with Crippen LogP contribution in [0.1, 0.15) is 100 Å². The zero-order valence-electron chi connectivity index (χ0n) is 19.9. The van der Waals surface area contributed by atoms with Gasteiger partial charge in [0.1, 0.15) is 0 Å². The van der Waals surface area contributed by atoms with Crippen molar-refractivity contribution in [1.29, 1.82) is 0 Å². The molecule has 1 fully saturated rings. The summed E-state index contributed by atoms with van der Waals surface area (Å²) in [6.07, 6.45) is 10.2. The van der Waals surface area contributed by atoms with Crippen LogP contribution in [-0.4, -0.2) is 16.3 Å². The SMILES string of the molecule is Cc1c2c(cc3c1[C@H](O)C[C@]1(C)[C@@H]([C@H](C)/C=C/C(C)C(C)C)CC[C@@H]31)CC[C@@H](O)C2. The summed E-state index contributed by atoms with van der Waals surface area (Å²) in [6.45, 7) is 13.9. The first-order valence-corrected chi connectivity index (χ1v) is 12.3. The molecule has 0 bridgehead atoms. The van der Waals surface area contributed by atoms with Gasteiger partial charge in [0.2, 0.25) is 0 Å². The number of fused-ring (bicyclic) bond motifs is 4. The Morgan fingerprint density at radius 2 is 1.80 bits per heavy atom. The molecule has 0 spiro atoms. The maximum atomic E-state index is 11.3. The van der Waals surface area contributed by atoms with E-state index in [4.69, 9.17) is 0 Å². The highest BCUT2D eigenvalue weighted by Gasteiger charge is 2.53. The Morgan fingerprint density at radius 1 is 1.07 bits per heavy atom. The molecule has 30 heavy (non-hydrogen) atoms. The van der Waals surface area contributed by atoms with Crippen LogP contribution in [0.2, 0.25) is 0 Å². The number of hydrogen-bond acceptors (Lipinski definition) is 2. The summed E-state index contributed by atoms with van der Waals surface area (Å²) in [5.41, 5.74) is 6.78. The van der Waals surface area contributed by atoms with E-state index in [1.165, 1.54) is 40.7 Å². The molecular formula is C28H42O2. The third kappa shape index (κ3) is 3.58. The van der Waals surface area contributed by atoms with Crippen LogP contribution >= 0.6 is 0 Å². The highest BCUT2D eigenvalue weighted by molar-refractivity contribution is 5.51. The zero-order valence-corrected chi connectivity index (χ0v) is 19.9. The summed E-state index contributed by atoms with van der Waals surface area (Å²) >= 11 is 0. The lowest BCUT2D eigenvalue weighted by molar-refractivity contribution is 0.0437. The number of hydrogen-bond donors (Lipinski definition) is 2. The van der Waals surface area contributed by atoms with Gasteiger partial charge in [0, 0.05) is 0 Å². The van der Waals surface area contributed by atoms with Crippen LogP contribution in [0.5, 0.6) is 0 Å². The molecule has 0 aliphatic heterocycles. The minimum atomic E-state index is -0.378. The van der Waals surface area contributed by atoms with Gasteiger partial charge in [-0.3, -0.25) is 0 Å². The maximum absolute atomic E-state index is 11.3. The van der Waals surface area contributed by atoms with Gasteiger partial charge in [-0.05, 0) is 108 Å². The molecule has 0 aromatic heterocycles. The summed E-state index contributed by atoms with van der Waals surface area (Å²) in [7, 11) is 0. The van der Waals surface area contributed by atoms with Crippen molar-refractivity contribution in [1.82, 2.24) is 0 Å². The van der Waals surface area contributed by atoms with E-state index in [1.807, 2.05) is 0 Å². The van der Waals surface area contributed by atoms with Gasteiger partial charge in [-0.1, -0.05) is 52.8 Å². The number of rotatable bonds is 4. The maximum Gasteiger partial charge on any atom is 0.0801 e. The molecule has 0 saturated heterocycles. The first-order valence-electron chi connectivity index (χ1n) is 12.3. The third-order valence-corrected chi connectivity index (χ3v) is 9.23. The first kappa shape index (κ1) is 22.1. The quantitative estimate of drug-likeness (QED) is 0.575. The molecule has 2 heteroatoms. The van der Waals surface area contributed by atoms with E-state index in [0.717, 1.165) is 25.7 Å². The molecule has 0 heterocycles. The van der Waals surface area contributed by atoms with Gasteiger partial charge in [-0.15, -0.1) is 0 Å². The third-order valence-electron chi connectivity index (χ3n) is 9.23. The standard InChI is InChI=1S/C28H42O2/c1-16(2)17(3)7-8-18(4)24-11-12-25-23-13-20-9-10-21(29)14-22(20)19(5)27(23)26(30)15-28(24,25)6/h7-8,13,16-18,21,24-26,29-30H,9-12,14-15H2,1-6H3/b8-7+/t17?,18-,21-,24-,25+,26-,28-/m1/s1. The lowest BCUT2D eigenvalue weighted by atomic mass is 9.59. The van der Waals surface area contributed by atoms with Crippen LogP contribution in [0.15, 0.2) is 18.2 Å². The van der Waals surface area contributed by atoms with E-state index in [2.05, 4.69) is 59.8 Å². The van der Waals surface area contributed by atoms with Gasteiger partial charge in [0.25, 0.3) is 0 Å².